The molecular weight excluding hydrogens is 523 g/mol. The third-order valence-electron chi connectivity index (χ3n) is 6.83. The van der Waals surface area contributed by atoms with Crippen molar-refractivity contribution >= 4 is 11.8 Å². The summed E-state index contributed by atoms with van der Waals surface area (Å²) in [4.78, 5) is 26.0. The van der Waals surface area contributed by atoms with Gasteiger partial charge in [0.05, 0.1) is 17.7 Å². The summed E-state index contributed by atoms with van der Waals surface area (Å²) in [5.41, 5.74) is 2.18. The summed E-state index contributed by atoms with van der Waals surface area (Å²) in [5, 5.41) is 0. The van der Waals surface area contributed by atoms with Gasteiger partial charge in [0.25, 0.3) is 0 Å². The number of esters is 1. The van der Waals surface area contributed by atoms with E-state index in [4.69, 9.17) is 14.2 Å². The van der Waals surface area contributed by atoms with Gasteiger partial charge < -0.3 is 18.8 Å². The lowest BCUT2D eigenvalue weighted by Crippen LogP contribution is -2.33. The number of Topliss-reactive ketones (excluding diaryl/α,β-unsaturated/α-hetero) is 1. The van der Waals surface area contributed by atoms with Gasteiger partial charge in [-0.05, 0) is 61.4 Å². The number of rotatable bonds is 7. The normalized spacial score (nSPS) is 14.6. The Morgan fingerprint density at radius 2 is 1.60 bits per heavy atom. The number of para-hydroxylation sites is 2. The van der Waals surface area contributed by atoms with Gasteiger partial charge in [0.1, 0.15) is 6.61 Å². The number of ether oxygens (including phenoxy) is 3. The highest BCUT2D eigenvalue weighted by Gasteiger charge is 2.30. The van der Waals surface area contributed by atoms with E-state index in [1.165, 1.54) is 18.2 Å². The van der Waals surface area contributed by atoms with E-state index in [2.05, 4.69) is 0 Å². The molecule has 0 aliphatic carbocycles. The Labute approximate surface area is 228 Å². The van der Waals surface area contributed by atoms with Crippen LogP contribution in [0.15, 0.2) is 78.9 Å². The van der Waals surface area contributed by atoms with Crippen molar-refractivity contribution in [2.75, 3.05) is 13.2 Å². The zero-order valence-corrected chi connectivity index (χ0v) is 21.8. The lowest BCUT2D eigenvalue weighted by atomic mass is 9.98. The molecule has 0 spiro atoms. The van der Waals surface area contributed by atoms with Crippen LogP contribution < -0.4 is 9.47 Å². The molecule has 40 heavy (non-hydrogen) atoms. The Morgan fingerprint density at radius 3 is 2.33 bits per heavy atom. The number of carbonyl (C=O) groups is 2. The van der Waals surface area contributed by atoms with Crippen LogP contribution in [0.2, 0.25) is 0 Å². The molecule has 9 heteroatoms. The predicted octanol–water partition coefficient (Wildman–Crippen LogP) is 6.67. The van der Waals surface area contributed by atoms with Crippen molar-refractivity contribution in [3.63, 3.8) is 0 Å². The molecular formula is C31H26F3NO5. The standard InChI is InChI=1S/C31H26F3NO5/c1-19-15-26(20(2)35(19)16-23-17-38-28-9-5-6-10-29(28)40-23)27(36)18-39-30(37)25-8-4-3-7-24(25)21-11-13-22(14-12-21)31(32,33)34/h3-15,23H,16-18H2,1-2H3/t23-/m1/s1. The van der Waals surface area contributed by atoms with Crippen molar-refractivity contribution in [1.29, 1.82) is 0 Å². The lowest BCUT2D eigenvalue weighted by Gasteiger charge is -2.27. The molecule has 0 bridgehead atoms. The molecule has 0 fully saturated rings. The van der Waals surface area contributed by atoms with Gasteiger partial charge in [-0.25, -0.2) is 4.79 Å². The van der Waals surface area contributed by atoms with Crippen LogP contribution in [0, 0.1) is 13.8 Å². The van der Waals surface area contributed by atoms with Crippen LogP contribution in [-0.4, -0.2) is 35.6 Å². The number of hydrogen-bond acceptors (Lipinski definition) is 5. The van der Waals surface area contributed by atoms with Crippen LogP contribution in [0.25, 0.3) is 11.1 Å². The maximum atomic E-state index is 13.1. The van der Waals surface area contributed by atoms with E-state index in [1.807, 2.05) is 42.7 Å². The van der Waals surface area contributed by atoms with Crippen LogP contribution >= 0.6 is 0 Å². The quantitative estimate of drug-likeness (QED) is 0.190. The van der Waals surface area contributed by atoms with Gasteiger partial charge in [-0.1, -0.05) is 42.5 Å². The molecule has 206 valence electrons. The molecule has 5 rings (SSSR count). The first kappa shape index (κ1) is 27.1. The molecule has 1 atom stereocenters. The maximum absolute atomic E-state index is 13.1. The maximum Gasteiger partial charge on any atom is 0.416 e. The number of halogens is 3. The van der Waals surface area contributed by atoms with Gasteiger partial charge in [0.15, 0.2) is 24.2 Å². The molecule has 0 unspecified atom stereocenters. The Morgan fingerprint density at radius 1 is 0.925 bits per heavy atom. The second-order valence-corrected chi connectivity index (χ2v) is 9.51. The zero-order valence-electron chi connectivity index (χ0n) is 21.8. The third kappa shape index (κ3) is 5.59. The number of ketones is 1. The van der Waals surface area contributed by atoms with Gasteiger partial charge in [-0.15, -0.1) is 0 Å². The van der Waals surface area contributed by atoms with Crippen LogP contribution in [-0.2, 0) is 17.5 Å². The monoisotopic (exact) mass is 549 g/mol. The first-order valence-electron chi connectivity index (χ1n) is 12.6. The van der Waals surface area contributed by atoms with Gasteiger partial charge in [-0.3, -0.25) is 4.79 Å². The molecule has 3 aromatic carbocycles. The number of hydrogen-bond donors (Lipinski definition) is 0. The predicted molar refractivity (Wildman–Crippen MR) is 142 cm³/mol. The first-order valence-corrected chi connectivity index (χ1v) is 12.6. The summed E-state index contributed by atoms with van der Waals surface area (Å²) in [7, 11) is 0. The van der Waals surface area contributed by atoms with E-state index in [1.54, 1.807) is 24.3 Å². The minimum absolute atomic E-state index is 0.148. The molecule has 0 radical (unpaired) electrons. The highest BCUT2D eigenvalue weighted by molar-refractivity contribution is 6.02. The van der Waals surface area contributed by atoms with Gasteiger partial charge in [0.2, 0.25) is 5.78 Å². The fourth-order valence-corrected chi connectivity index (χ4v) is 4.76. The van der Waals surface area contributed by atoms with Crippen LogP contribution in [0.3, 0.4) is 0 Å². The van der Waals surface area contributed by atoms with E-state index in [0.717, 1.165) is 17.8 Å². The summed E-state index contributed by atoms with van der Waals surface area (Å²) in [6.45, 7) is 4.06. The van der Waals surface area contributed by atoms with E-state index in [-0.39, 0.29) is 17.5 Å². The Bertz CT molecular complexity index is 1560. The van der Waals surface area contributed by atoms with Gasteiger partial charge in [0, 0.05) is 17.0 Å². The van der Waals surface area contributed by atoms with Crippen LogP contribution in [0.5, 0.6) is 11.5 Å². The minimum Gasteiger partial charge on any atom is -0.486 e. The van der Waals surface area contributed by atoms with Crippen LogP contribution in [0.4, 0.5) is 13.2 Å². The summed E-state index contributed by atoms with van der Waals surface area (Å²) in [6, 6.07) is 20.1. The molecule has 0 amide bonds. The molecule has 2 heterocycles. The first-order chi connectivity index (χ1) is 19.1. The van der Waals surface area contributed by atoms with Gasteiger partial charge in [-0.2, -0.15) is 13.2 Å². The van der Waals surface area contributed by atoms with Crippen molar-refractivity contribution < 1.29 is 37.0 Å². The molecule has 1 aliphatic heterocycles. The van der Waals surface area contributed by atoms with Crippen molar-refractivity contribution in [2.45, 2.75) is 32.7 Å². The van der Waals surface area contributed by atoms with Crippen molar-refractivity contribution in [3.05, 3.63) is 107 Å². The Kier molecular flexibility index (Phi) is 7.38. The molecule has 4 aromatic rings. The number of fused-ring (bicyclic) bond motifs is 1. The summed E-state index contributed by atoms with van der Waals surface area (Å²) < 4.78 is 58.0. The van der Waals surface area contributed by atoms with Crippen molar-refractivity contribution in [3.8, 4) is 22.6 Å². The molecule has 6 nitrogen and oxygen atoms in total. The van der Waals surface area contributed by atoms with Crippen LogP contribution in [0.1, 0.15) is 37.7 Å². The third-order valence-corrected chi connectivity index (χ3v) is 6.83. The summed E-state index contributed by atoms with van der Waals surface area (Å²) >= 11 is 0. The molecule has 1 aliphatic rings. The highest BCUT2D eigenvalue weighted by Crippen LogP contribution is 2.33. The summed E-state index contributed by atoms with van der Waals surface area (Å²) in [6.07, 6.45) is -4.71. The Balaban J connectivity index is 1.26. The molecule has 0 saturated carbocycles. The SMILES string of the molecule is Cc1cc(C(=O)COC(=O)c2ccccc2-c2ccc(C(F)(F)F)cc2)c(C)n1C[C@@H]1COc2ccccc2O1. The molecule has 0 saturated heterocycles. The van der Waals surface area contributed by atoms with E-state index < -0.39 is 24.3 Å². The number of nitrogens with zero attached hydrogens (tertiary/aromatic N) is 1. The van der Waals surface area contributed by atoms with Crippen molar-refractivity contribution in [2.24, 2.45) is 0 Å². The molecule has 0 N–H and O–H groups in total. The smallest absolute Gasteiger partial charge is 0.416 e. The average Bonchev–Trinajstić information content (AvgIpc) is 3.23. The fraction of sp³-hybridized carbons (Fsp3) is 0.226. The average molecular weight is 550 g/mol. The van der Waals surface area contributed by atoms with Crippen molar-refractivity contribution in [1.82, 2.24) is 4.57 Å². The number of aryl methyl sites for hydroxylation is 1. The van der Waals surface area contributed by atoms with E-state index >= 15 is 0 Å². The largest absolute Gasteiger partial charge is 0.486 e. The minimum atomic E-state index is -4.46. The van der Waals surface area contributed by atoms with E-state index in [9.17, 15) is 22.8 Å². The second kappa shape index (κ2) is 10.9. The van der Waals surface area contributed by atoms with E-state index in [0.29, 0.717) is 47.0 Å². The lowest BCUT2D eigenvalue weighted by molar-refractivity contribution is -0.137. The zero-order chi connectivity index (χ0) is 28.4. The Hall–Kier alpha value is -4.53. The highest BCUT2D eigenvalue weighted by atomic mass is 19.4. The fourth-order valence-electron chi connectivity index (χ4n) is 4.76. The topological polar surface area (TPSA) is 66.8 Å². The number of aromatic nitrogens is 1. The number of benzene rings is 3. The van der Waals surface area contributed by atoms with Gasteiger partial charge >= 0.3 is 12.1 Å². The second-order valence-electron chi connectivity index (χ2n) is 9.51. The number of carbonyl (C=O) groups excluding carboxylic acids is 2. The molecule has 1 aromatic heterocycles. The number of alkyl halides is 3. The summed E-state index contributed by atoms with van der Waals surface area (Å²) in [5.74, 6) is 0.244.